The molecule has 0 unspecified atom stereocenters. The third-order valence-corrected chi connectivity index (χ3v) is 5.02. The highest BCUT2D eigenvalue weighted by molar-refractivity contribution is 4.40. The van der Waals surface area contributed by atoms with Gasteiger partial charge in [-0.2, -0.15) is 0 Å². The van der Waals surface area contributed by atoms with Crippen molar-refractivity contribution in [1.29, 1.82) is 0 Å². The van der Waals surface area contributed by atoms with E-state index in [4.69, 9.17) is 4.74 Å². The highest BCUT2D eigenvalue weighted by Crippen LogP contribution is 2.05. The van der Waals surface area contributed by atoms with Crippen LogP contribution in [0.2, 0.25) is 0 Å². The second-order valence-electron chi connectivity index (χ2n) is 5.60. The molecule has 0 saturated heterocycles. The van der Waals surface area contributed by atoms with E-state index in [0.717, 1.165) is 30.8 Å². The first-order chi connectivity index (χ1) is 8.51. The summed E-state index contributed by atoms with van der Waals surface area (Å²) in [5.41, 5.74) is 0. The Labute approximate surface area is 115 Å². The Kier molecular flexibility index (Phi) is 8.83. The van der Waals surface area contributed by atoms with Crippen molar-refractivity contribution in [2.75, 3.05) is 66.1 Å². The van der Waals surface area contributed by atoms with Gasteiger partial charge in [-0.25, -0.2) is 0 Å². The topological polar surface area (TPSA) is 9.23 Å². The number of hydrogen-bond acceptors (Lipinski definition) is 1. The van der Waals surface area contributed by atoms with Gasteiger partial charge < -0.3 is 13.7 Å². The predicted octanol–water partition coefficient (Wildman–Crippen LogP) is 2.37. The summed E-state index contributed by atoms with van der Waals surface area (Å²) in [6.45, 7) is 21.5. The fourth-order valence-electron chi connectivity index (χ4n) is 2.33. The molecule has 110 valence electrons. The van der Waals surface area contributed by atoms with E-state index in [1.54, 1.807) is 0 Å². The van der Waals surface area contributed by atoms with Crippen LogP contribution in [0.4, 0.5) is 0 Å². The van der Waals surface area contributed by atoms with Gasteiger partial charge in [0.1, 0.15) is 13.1 Å². The molecule has 0 aliphatic carbocycles. The van der Waals surface area contributed by atoms with Crippen LogP contribution >= 0.6 is 0 Å². The fraction of sp³-hybridized carbons (Fsp3) is 1.00. The maximum atomic E-state index is 5.86. The lowest BCUT2D eigenvalue weighted by molar-refractivity contribution is -0.924. The average Bonchev–Trinajstić information content (AvgIpc) is 2.43. The molecule has 0 atom stereocenters. The van der Waals surface area contributed by atoms with Gasteiger partial charge in [-0.05, 0) is 34.6 Å². The quantitative estimate of drug-likeness (QED) is 0.409. The van der Waals surface area contributed by atoms with Crippen LogP contribution in [0.5, 0.6) is 0 Å². The summed E-state index contributed by atoms with van der Waals surface area (Å²) in [7, 11) is 2.31. The van der Waals surface area contributed by atoms with Gasteiger partial charge in [0.05, 0.1) is 53.0 Å². The summed E-state index contributed by atoms with van der Waals surface area (Å²) in [6, 6.07) is 0. The Balaban J connectivity index is 3.86. The van der Waals surface area contributed by atoms with Crippen molar-refractivity contribution in [2.45, 2.75) is 34.6 Å². The van der Waals surface area contributed by atoms with Crippen LogP contribution < -0.4 is 0 Å². The number of quaternary nitrogens is 2. The molecule has 0 aromatic carbocycles. The average molecular weight is 260 g/mol. The third kappa shape index (κ3) is 5.68. The molecule has 3 nitrogen and oxygen atoms in total. The molecule has 0 heterocycles. The minimum absolute atomic E-state index is 0.898. The summed E-state index contributed by atoms with van der Waals surface area (Å²) in [4.78, 5) is 0. The van der Waals surface area contributed by atoms with Crippen molar-refractivity contribution in [2.24, 2.45) is 0 Å². The first-order valence-electron chi connectivity index (χ1n) is 7.77. The van der Waals surface area contributed by atoms with Gasteiger partial charge >= 0.3 is 0 Å². The van der Waals surface area contributed by atoms with Crippen molar-refractivity contribution in [3.05, 3.63) is 0 Å². The van der Waals surface area contributed by atoms with Gasteiger partial charge in [-0.1, -0.05) is 0 Å². The van der Waals surface area contributed by atoms with Crippen molar-refractivity contribution < 1.29 is 13.7 Å². The zero-order chi connectivity index (χ0) is 14.1. The van der Waals surface area contributed by atoms with Crippen LogP contribution in [0.25, 0.3) is 0 Å². The molecular formula is C15H36N2O+2. The van der Waals surface area contributed by atoms with Gasteiger partial charge in [0.25, 0.3) is 0 Å². The summed E-state index contributed by atoms with van der Waals surface area (Å²) in [5.74, 6) is 0. The summed E-state index contributed by atoms with van der Waals surface area (Å²) in [6.07, 6.45) is 0. The monoisotopic (exact) mass is 260 g/mol. The molecule has 0 rings (SSSR count). The first-order valence-corrected chi connectivity index (χ1v) is 7.77. The summed E-state index contributed by atoms with van der Waals surface area (Å²) < 4.78 is 8.17. The van der Waals surface area contributed by atoms with E-state index in [0.29, 0.717) is 0 Å². The van der Waals surface area contributed by atoms with E-state index in [1.807, 2.05) is 0 Å². The molecule has 0 fully saturated rings. The molecule has 0 aliphatic rings. The molecule has 0 bridgehead atoms. The lowest BCUT2D eigenvalue weighted by Crippen LogP contribution is -2.50. The number of hydrogen-bond donors (Lipinski definition) is 0. The molecule has 0 N–H and O–H groups in total. The Hall–Kier alpha value is -0.120. The number of ether oxygens (including phenoxy) is 1. The second-order valence-corrected chi connectivity index (χ2v) is 5.60. The van der Waals surface area contributed by atoms with Crippen LogP contribution in [0, 0.1) is 0 Å². The van der Waals surface area contributed by atoms with E-state index in [2.05, 4.69) is 41.7 Å². The van der Waals surface area contributed by atoms with Crippen molar-refractivity contribution >= 4 is 0 Å². The SMILES string of the molecule is CC[N+](C)(CC)CCOCC[N+](CC)(CC)CC. The van der Waals surface area contributed by atoms with Crippen LogP contribution in [0.15, 0.2) is 0 Å². The Morgan fingerprint density at radius 3 is 1.50 bits per heavy atom. The Morgan fingerprint density at radius 1 is 0.667 bits per heavy atom. The van der Waals surface area contributed by atoms with E-state index in [-0.39, 0.29) is 0 Å². The van der Waals surface area contributed by atoms with Gasteiger partial charge in [0.2, 0.25) is 0 Å². The van der Waals surface area contributed by atoms with E-state index in [1.165, 1.54) is 37.2 Å². The molecule has 3 heteroatoms. The largest absolute Gasteiger partial charge is 0.370 e. The van der Waals surface area contributed by atoms with Crippen LogP contribution in [0.3, 0.4) is 0 Å². The predicted molar refractivity (Wildman–Crippen MR) is 79.7 cm³/mol. The third-order valence-electron chi connectivity index (χ3n) is 5.02. The Morgan fingerprint density at radius 2 is 1.11 bits per heavy atom. The van der Waals surface area contributed by atoms with E-state index >= 15 is 0 Å². The normalized spacial score (nSPS) is 13.0. The van der Waals surface area contributed by atoms with Gasteiger partial charge in [0, 0.05) is 0 Å². The molecule has 0 spiro atoms. The smallest absolute Gasteiger partial charge is 0.102 e. The van der Waals surface area contributed by atoms with Gasteiger partial charge in [-0.15, -0.1) is 0 Å². The van der Waals surface area contributed by atoms with Gasteiger partial charge in [-0.3, -0.25) is 0 Å². The number of likely N-dealkylation sites (N-methyl/N-ethyl adjacent to an activating group) is 2. The zero-order valence-electron chi connectivity index (χ0n) is 13.7. The van der Waals surface area contributed by atoms with Crippen LogP contribution in [-0.2, 0) is 4.74 Å². The second kappa shape index (κ2) is 8.89. The number of rotatable bonds is 11. The minimum atomic E-state index is 0.898. The van der Waals surface area contributed by atoms with E-state index < -0.39 is 0 Å². The molecule has 0 aromatic rings. The summed E-state index contributed by atoms with van der Waals surface area (Å²) >= 11 is 0. The maximum absolute atomic E-state index is 5.86. The molecule has 0 saturated carbocycles. The van der Waals surface area contributed by atoms with Crippen LogP contribution in [-0.4, -0.2) is 75.0 Å². The molecular weight excluding hydrogens is 224 g/mol. The molecule has 0 amide bonds. The number of nitrogens with zero attached hydrogens (tertiary/aromatic N) is 2. The molecule has 0 aromatic heterocycles. The van der Waals surface area contributed by atoms with Gasteiger partial charge in [0.15, 0.2) is 0 Å². The van der Waals surface area contributed by atoms with E-state index in [9.17, 15) is 0 Å². The Bertz CT molecular complexity index is 190. The van der Waals surface area contributed by atoms with Crippen LogP contribution in [0.1, 0.15) is 34.6 Å². The summed E-state index contributed by atoms with van der Waals surface area (Å²) in [5, 5.41) is 0. The zero-order valence-corrected chi connectivity index (χ0v) is 13.7. The van der Waals surface area contributed by atoms with Crippen molar-refractivity contribution in [1.82, 2.24) is 0 Å². The highest BCUT2D eigenvalue weighted by Gasteiger charge is 2.20. The molecule has 0 aliphatic heterocycles. The lowest BCUT2D eigenvalue weighted by atomic mass is 10.3. The minimum Gasteiger partial charge on any atom is -0.370 e. The van der Waals surface area contributed by atoms with Crippen molar-refractivity contribution in [3.63, 3.8) is 0 Å². The molecule has 0 radical (unpaired) electrons. The standard InChI is InChI=1S/C15H36N2O/c1-7-16(6,8-2)12-14-18-15-13-17(9-3,10-4)11-5/h7-15H2,1-6H3/q+2. The van der Waals surface area contributed by atoms with Crippen molar-refractivity contribution in [3.8, 4) is 0 Å². The first kappa shape index (κ1) is 17.9. The molecule has 18 heavy (non-hydrogen) atoms. The maximum Gasteiger partial charge on any atom is 0.102 e. The fourth-order valence-corrected chi connectivity index (χ4v) is 2.33. The lowest BCUT2D eigenvalue weighted by Gasteiger charge is -2.36. The highest BCUT2D eigenvalue weighted by atomic mass is 16.5.